The SMILES string of the molecule is CC[C@H](C)[C@H](NC(=O)[C@H](CCC(=O)O)NC(=O)[C@H](CC(N)=O)NC(=O)[C@H](CCC(=O)O)NC(=O)[C@@H](NC(=O)[C@H](Cc1c[nH]c2ccccc12)NC(=O)CNC(=O)[C@H](CO)NC(=O)[C@H](CCC(=O)O)NC(=O)[C@H](CCCCN)NC(=O)[C@H](CO)NC(=O)[C@H](CCCNC(N)N)NC(=O)CN)C(C)C)C(=O)N[C@@H](Cc1ccc(O)cc1)C(=O)N[C@@H](Cc1ccc(O)cc1)C(=O)O. The second kappa shape index (κ2) is 55.1. The highest BCUT2D eigenvalue weighted by molar-refractivity contribution is 6.01. The third kappa shape index (κ3) is 38.3. The van der Waals surface area contributed by atoms with E-state index in [-0.39, 0.29) is 82.4 Å². The monoisotopic (exact) mass is 1820 g/mol. The number of para-hydroxylation sites is 1. The first-order chi connectivity index (χ1) is 61.0. The molecule has 0 aliphatic heterocycles. The molecule has 34 N–H and O–H groups in total. The van der Waals surface area contributed by atoms with E-state index in [0.29, 0.717) is 27.6 Å². The van der Waals surface area contributed by atoms with Gasteiger partial charge in [0.2, 0.25) is 88.6 Å². The molecule has 0 saturated heterocycles. The van der Waals surface area contributed by atoms with Crippen molar-refractivity contribution < 1.29 is 132 Å². The highest BCUT2D eigenvalue weighted by Crippen LogP contribution is 2.22. The maximum Gasteiger partial charge on any atom is 0.326 e. The standard InChI is InChI=1S/C81H119N21O27/c1-5-41(4)67(79(127)97-54(31-42-15-19-45(105)20-16-42)74(122)98-57(80(128)129)32-43-17-21-46(106)22-18-43)102-73(121)53(25-28-65(114)115)94-75(123)56(34-60(84)107)96-71(119)52(24-27-64(112)113)95-78(126)66(40(2)3)101-76(124)55(33-44-36-88-48-12-7-6-11-47(44)48)91-62(109)37-89-68(116)58(38-103)99-72(120)51(23-26-63(110)111)93-70(118)50(13-8-9-29-82)92-77(125)59(39-104)100-69(117)49(90-61(108)35-83)14-10-30-87-81(85)86/h6-7,11-12,15-22,36,40-41,49-59,66-67,81,87-88,103-106H,5,8-10,13-14,23-35,37-39,82-83,85-86H2,1-4H3,(H2,84,107)(H,89,116)(H,90,108)(H,91,109)(H,92,125)(H,93,118)(H,94,123)(H,95,126)(H,96,119)(H,97,127)(H,98,122)(H,99,120)(H,100,117)(H,101,124)(H,102,121)(H,110,111)(H,112,113)(H,114,115)(H,128,129)/t41-,49-,50-,51-,52-,53-,54-,55-,56-,57-,58-,59-,66-,67-/m0/s1. The molecular formula is C81H119N21O27. The van der Waals surface area contributed by atoms with Gasteiger partial charge in [-0.1, -0.05) is 76.6 Å². The molecule has 710 valence electrons. The minimum Gasteiger partial charge on any atom is -0.508 e. The van der Waals surface area contributed by atoms with E-state index in [0.717, 1.165) is 0 Å². The summed E-state index contributed by atoms with van der Waals surface area (Å²) in [5, 5.41) is 116. The van der Waals surface area contributed by atoms with E-state index >= 15 is 0 Å². The summed E-state index contributed by atoms with van der Waals surface area (Å²) in [6, 6.07) is -5.22. The fourth-order valence-electron chi connectivity index (χ4n) is 12.9. The average molecular weight is 1820 g/mol. The molecule has 1 aromatic heterocycles. The van der Waals surface area contributed by atoms with Crippen molar-refractivity contribution in [1.29, 1.82) is 0 Å². The number of carbonyl (C=O) groups is 19. The maximum atomic E-state index is 14.7. The number of H-pyrrole nitrogens is 1. The number of amides is 15. The van der Waals surface area contributed by atoms with Crippen molar-refractivity contribution in [3.63, 3.8) is 0 Å². The molecule has 15 amide bonds. The lowest BCUT2D eigenvalue weighted by Crippen LogP contribution is -2.62. The molecule has 0 aliphatic rings. The molecule has 0 unspecified atom stereocenters. The number of aliphatic hydroxyl groups is 2. The number of phenols is 2. The number of carboxylic acids is 4. The second-order valence-corrected chi connectivity index (χ2v) is 30.7. The molecule has 0 spiro atoms. The van der Waals surface area contributed by atoms with Crippen LogP contribution in [-0.2, 0) is 110 Å². The van der Waals surface area contributed by atoms with Crippen molar-refractivity contribution in [2.24, 2.45) is 40.5 Å². The van der Waals surface area contributed by atoms with Gasteiger partial charge in [-0.25, -0.2) is 4.79 Å². The number of rotatable bonds is 60. The minimum atomic E-state index is -2.12. The molecule has 0 saturated carbocycles. The van der Waals surface area contributed by atoms with Crippen molar-refractivity contribution in [3.05, 3.63) is 95.7 Å². The Bertz CT molecular complexity index is 4520. The Labute approximate surface area is 739 Å². The van der Waals surface area contributed by atoms with Crippen molar-refractivity contribution in [1.82, 2.24) is 84.7 Å². The number of hydrogen-bond donors (Lipinski definition) is 29. The number of phenolic OH excluding ortho intramolecular Hbond substituents is 2. The molecule has 4 aromatic rings. The summed E-state index contributed by atoms with van der Waals surface area (Å²) in [6.07, 6.45) is -5.65. The summed E-state index contributed by atoms with van der Waals surface area (Å²) in [4.78, 5) is 261. The summed E-state index contributed by atoms with van der Waals surface area (Å²) in [5.74, 6) is -25.4. The van der Waals surface area contributed by atoms with Crippen LogP contribution in [0.15, 0.2) is 79.0 Å². The molecule has 48 heteroatoms. The summed E-state index contributed by atoms with van der Waals surface area (Å²) >= 11 is 0. The Kier molecular flexibility index (Phi) is 46.1. The fraction of sp³-hybridized carbons (Fsp3) is 0.519. The van der Waals surface area contributed by atoms with Gasteiger partial charge in [0.1, 0.15) is 96.3 Å². The predicted molar refractivity (Wildman–Crippen MR) is 456 cm³/mol. The molecule has 14 atom stereocenters. The number of carboxylic acid groups (broad SMARTS) is 4. The van der Waals surface area contributed by atoms with E-state index in [4.69, 9.17) is 28.7 Å². The zero-order chi connectivity index (χ0) is 96.3. The number of benzene rings is 3. The molecule has 3 aromatic carbocycles. The van der Waals surface area contributed by atoms with Gasteiger partial charge < -0.3 is 149 Å². The zero-order valence-corrected chi connectivity index (χ0v) is 71.5. The van der Waals surface area contributed by atoms with Crippen LogP contribution in [0.4, 0.5) is 0 Å². The van der Waals surface area contributed by atoms with Crippen molar-refractivity contribution in [3.8, 4) is 11.5 Å². The Hall–Kier alpha value is -13.6. The first-order valence-electron chi connectivity index (χ1n) is 41.4. The number of nitrogens with one attached hydrogen (secondary N) is 16. The van der Waals surface area contributed by atoms with Crippen molar-refractivity contribution in [2.45, 2.75) is 215 Å². The quantitative estimate of drug-likeness (QED) is 0.0144. The number of fused-ring (bicyclic) bond motifs is 1. The first kappa shape index (κ1) is 108. The Morgan fingerprint density at radius 1 is 0.411 bits per heavy atom. The van der Waals surface area contributed by atoms with E-state index < -0.39 is 280 Å². The molecular weight excluding hydrogens is 1700 g/mol. The van der Waals surface area contributed by atoms with Crippen LogP contribution in [0.3, 0.4) is 0 Å². The minimum absolute atomic E-state index is 0.0368. The normalized spacial score (nSPS) is 14.4. The van der Waals surface area contributed by atoms with E-state index in [2.05, 4.69) is 84.7 Å². The number of carbonyl (C=O) groups excluding carboxylic acids is 15. The van der Waals surface area contributed by atoms with E-state index in [9.17, 15) is 132 Å². The molecule has 0 fully saturated rings. The van der Waals surface area contributed by atoms with Gasteiger partial charge in [0.05, 0.1) is 32.7 Å². The van der Waals surface area contributed by atoms with E-state index in [1.165, 1.54) is 75.5 Å². The largest absolute Gasteiger partial charge is 0.508 e. The van der Waals surface area contributed by atoms with E-state index in [1.807, 2.05) is 0 Å². The van der Waals surface area contributed by atoms with Crippen LogP contribution in [0, 0.1) is 11.8 Å². The smallest absolute Gasteiger partial charge is 0.326 e. The van der Waals surface area contributed by atoms with Gasteiger partial charge >= 0.3 is 23.9 Å². The summed E-state index contributed by atoms with van der Waals surface area (Å²) < 4.78 is 0. The molecule has 0 aliphatic carbocycles. The van der Waals surface area contributed by atoms with Crippen LogP contribution in [0.25, 0.3) is 10.9 Å². The van der Waals surface area contributed by atoms with Crippen LogP contribution in [0.5, 0.6) is 11.5 Å². The van der Waals surface area contributed by atoms with Crippen LogP contribution in [-0.4, -0.2) is 283 Å². The number of primary amides is 1. The number of aliphatic carboxylic acids is 4. The molecule has 48 nitrogen and oxygen atoms in total. The van der Waals surface area contributed by atoms with E-state index in [1.54, 1.807) is 31.2 Å². The van der Waals surface area contributed by atoms with Gasteiger partial charge in [-0.05, 0) is 123 Å². The Balaban J connectivity index is 1.58. The number of aromatic amines is 1. The lowest BCUT2D eigenvalue weighted by atomic mass is 9.96. The van der Waals surface area contributed by atoms with Gasteiger partial charge in [-0.2, -0.15) is 0 Å². The van der Waals surface area contributed by atoms with Gasteiger partial charge in [0, 0.05) is 55.6 Å². The average Bonchev–Trinajstić information content (AvgIpc) is 1.70. The summed E-state index contributed by atoms with van der Waals surface area (Å²) in [6.45, 7) is 2.45. The molecule has 1 heterocycles. The summed E-state index contributed by atoms with van der Waals surface area (Å²) in [7, 11) is 0. The number of aromatic nitrogens is 1. The number of aliphatic hydroxyl groups excluding tert-OH is 2. The lowest BCUT2D eigenvalue weighted by molar-refractivity contribution is -0.142. The van der Waals surface area contributed by atoms with Crippen molar-refractivity contribution in [2.75, 3.05) is 39.4 Å². The zero-order valence-electron chi connectivity index (χ0n) is 71.5. The fourth-order valence-corrected chi connectivity index (χ4v) is 12.9. The van der Waals surface area contributed by atoms with Crippen molar-refractivity contribution >= 4 is 123 Å². The highest BCUT2D eigenvalue weighted by Gasteiger charge is 2.40. The third-order valence-corrected chi connectivity index (χ3v) is 20.2. The van der Waals surface area contributed by atoms with Crippen LogP contribution >= 0.6 is 0 Å². The van der Waals surface area contributed by atoms with Gasteiger partial charge in [0.15, 0.2) is 0 Å². The van der Waals surface area contributed by atoms with Gasteiger partial charge in [0.25, 0.3) is 0 Å². The van der Waals surface area contributed by atoms with Crippen LogP contribution < -0.4 is 108 Å². The Morgan fingerprint density at radius 3 is 1.27 bits per heavy atom. The topological polar surface area (TPSA) is 813 Å². The molecule has 0 radical (unpaired) electrons. The highest BCUT2D eigenvalue weighted by atomic mass is 16.4. The summed E-state index contributed by atoms with van der Waals surface area (Å²) in [5.41, 5.74) is 29.4. The number of unbranched alkanes of at least 4 members (excludes halogenated alkanes) is 1. The van der Waals surface area contributed by atoms with Gasteiger partial charge in [-0.15, -0.1) is 0 Å². The third-order valence-electron chi connectivity index (χ3n) is 20.2. The van der Waals surface area contributed by atoms with Crippen LogP contribution in [0.2, 0.25) is 0 Å². The predicted octanol–water partition coefficient (Wildman–Crippen LogP) is -8.07. The molecule has 0 bridgehead atoms. The van der Waals surface area contributed by atoms with Gasteiger partial charge in [-0.3, -0.25) is 91.6 Å². The lowest BCUT2D eigenvalue weighted by Gasteiger charge is -2.29. The number of aromatic hydroxyl groups is 2. The molecule has 4 rings (SSSR count). The van der Waals surface area contributed by atoms with Crippen LogP contribution in [0.1, 0.15) is 128 Å². The molecule has 129 heavy (non-hydrogen) atoms. The second-order valence-electron chi connectivity index (χ2n) is 30.7. The maximum absolute atomic E-state index is 14.7. The first-order valence-corrected chi connectivity index (χ1v) is 41.4. The number of hydrogen-bond acceptors (Lipinski definition) is 28. The number of nitrogens with two attached hydrogens (primary N) is 5. The Morgan fingerprint density at radius 2 is 0.798 bits per heavy atom.